The van der Waals surface area contributed by atoms with Gasteiger partial charge >= 0.3 is 5.97 Å². The topological polar surface area (TPSA) is 49.3 Å². The molecule has 58 valence electrons. The van der Waals surface area contributed by atoms with Gasteiger partial charge in [0.15, 0.2) is 0 Å². The summed E-state index contributed by atoms with van der Waals surface area (Å²) in [5.74, 6) is -1.09. The van der Waals surface area contributed by atoms with Gasteiger partial charge in [-0.1, -0.05) is 13.0 Å². The van der Waals surface area contributed by atoms with Crippen LogP contribution < -0.4 is 5.32 Å². The van der Waals surface area contributed by atoms with Crippen LogP contribution in [0, 0.1) is 5.92 Å². The van der Waals surface area contributed by atoms with Crippen molar-refractivity contribution in [2.24, 2.45) is 5.92 Å². The van der Waals surface area contributed by atoms with Gasteiger partial charge in [-0.25, -0.2) is 0 Å². The maximum absolute atomic E-state index is 10.2. The molecule has 0 heterocycles. The number of nitrogens with one attached hydrogen (secondary N) is 1. The normalized spacial score (nSPS) is 12.5. The van der Waals surface area contributed by atoms with Crippen LogP contribution in [0.4, 0.5) is 0 Å². The predicted octanol–water partition coefficient (Wildman–Crippen LogP) is 0.483. The number of carbonyl (C=O) groups is 1. The maximum atomic E-state index is 10.2. The summed E-state index contributed by atoms with van der Waals surface area (Å²) in [6, 6.07) is 0. The summed E-state index contributed by atoms with van der Waals surface area (Å²) in [6.45, 7) is 6.32. The summed E-state index contributed by atoms with van der Waals surface area (Å²) < 4.78 is 0. The predicted molar refractivity (Wildman–Crippen MR) is 39.9 cm³/mol. The summed E-state index contributed by atoms with van der Waals surface area (Å²) in [5.41, 5.74) is 0. The van der Waals surface area contributed by atoms with Gasteiger partial charge in [0.25, 0.3) is 0 Å². The fourth-order valence-corrected chi connectivity index (χ4v) is 0.489. The number of aliphatic carboxylic acids is 1. The Labute approximate surface area is 60.7 Å². The lowest BCUT2D eigenvalue weighted by atomic mass is 10.2. The summed E-state index contributed by atoms with van der Waals surface area (Å²) in [5, 5.41) is 11.3. The smallest absolute Gasteiger partial charge is 0.307 e. The average Bonchev–Trinajstić information content (AvgIpc) is 1.88. The molecular weight excluding hydrogens is 130 g/mol. The Morgan fingerprint density at radius 1 is 1.90 bits per heavy atom. The third-order valence-electron chi connectivity index (χ3n) is 1.16. The van der Waals surface area contributed by atoms with Gasteiger partial charge in [0.1, 0.15) is 0 Å². The van der Waals surface area contributed by atoms with E-state index in [1.54, 1.807) is 13.0 Å². The Hall–Kier alpha value is -0.830. The van der Waals surface area contributed by atoms with Crippen molar-refractivity contribution >= 4 is 5.97 Å². The van der Waals surface area contributed by atoms with Gasteiger partial charge in [0, 0.05) is 13.1 Å². The van der Waals surface area contributed by atoms with Crippen LogP contribution in [-0.4, -0.2) is 24.2 Å². The van der Waals surface area contributed by atoms with Crippen molar-refractivity contribution in [1.29, 1.82) is 0 Å². The van der Waals surface area contributed by atoms with Crippen LogP contribution in [0.15, 0.2) is 12.7 Å². The molecule has 10 heavy (non-hydrogen) atoms. The Bertz CT molecular complexity index is 123. The van der Waals surface area contributed by atoms with Crippen molar-refractivity contribution in [2.45, 2.75) is 6.92 Å². The van der Waals surface area contributed by atoms with Gasteiger partial charge in [-0.15, -0.1) is 6.58 Å². The first-order chi connectivity index (χ1) is 4.68. The van der Waals surface area contributed by atoms with E-state index >= 15 is 0 Å². The van der Waals surface area contributed by atoms with Gasteiger partial charge in [-0.05, 0) is 0 Å². The minimum absolute atomic E-state index is 0.319. The van der Waals surface area contributed by atoms with Gasteiger partial charge in [0.05, 0.1) is 5.92 Å². The minimum Gasteiger partial charge on any atom is -0.481 e. The van der Waals surface area contributed by atoms with Crippen LogP contribution in [0.2, 0.25) is 0 Å². The SMILES string of the molecule is C=CCNCC(C)C(=O)O. The third kappa shape index (κ3) is 4.09. The van der Waals surface area contributed by atoms with Crippen molar-refractivity contribution in [3.8, 4) is 0 Å². The zero-order chi connectivity index (χ0) is 7.98. The lowest BCUT2D eigenvalue weighted by Gasteiger charge is -2.04. The molecule has 0 aliphatic heterocycles. The van der Waals surface area contributed by atoms with E-state index in [4.69, 9.17) is 5.11 Å². The molecule has 0 rings (SSSR count). The fourth-order valence-electron chi connectivity index (χ4n) is 0.489. The monoisotopic (exact) mass is 143 g/mol. The Kier molecular flexibility index (Phi) is 4.58. The van der Waals surface area contributed by atoms with Gasteiger partial charge < -0.3 is 10.4 Å². The highest BCUT2D eigenvalue weighted by atomic mass is 16.4. The van der Waals surface area contributed by atoms with E-state index in [0.29, 0.717) is 13.1 Å². The van der Waals surface area contributed by atoms with Crippen LogP contribution in [0.25, 0.3) is 0 Å². The van der Waals surface area contributed by atoms with E-state index < -0.39 is 5.97 Å². The number of carboxylic acids is 1. The first-order valence-electron chi connectivity index (χ1n) is 3.23. The molecule has 1 unspecified atom stereocenters. The van der Waals surface area contributed by atoms with Crippen LogP contribution in [0.1, 0.15) is 6.92 Å². The summed E-state index contributed by atoms with van der Waals surface area (Å²) >= 11 is 0. The second kappa shape index (κ2) is 4.99. The number of rotatable bonds is 5. The van der Waals surface area contributed by atoms with Crippen molar-refractivity contribution in [3.05, 3.63) is 12.7 Å². The fraction of sp³-hybridized carbons (Fsp3) is 0.571. The third-order valence-corrected chi connectivity index (χ3v) is 1.16. The van der Waals surface area contributed by atoms with Crippen LogP contribution in [0.5, 0.6) is 0 Å². The summed E-state index contributed by atoms with van der Waals surface area (Å²) in [4.78, 5) is 10.2. The van der Waals surface area contributed by atoms with Gasteiger partial charge in [-0.2, -0.15) is 0 Å². The number of hydrogen-bond donors (Lipinski definition) is 2. The molecule has 2 N–H and O–H groups in total. The number of carboxylic acid groups (broad SMARTS) is 1. The zero-order valence-electron chi connectivity index (χ0n) is 6.13. The van der Waals surface area contributed by atoms with Gasteiger partial charge in [-0.3, -0.25) is 4.79 Å². The quantitative estimate of drug-likeness (QED) is 0.435. The first kappa shape index (κ1) is 9.17. The van der Waals surface area contributed by atoms with E-state index in [9.17, 15) is 4.79 Å². The average molecular weight is 143 g/mol. The standard InChI is InChI=1S/C7H13NO2/c1-3-4-8-5-6(2)7(9)10/h3,6,8H,1,4-5H2,2H3,(H,9,10). The Morgan fingerprint density at radius 3 is 2.90 bits per heavy atom. The van der Waals surface area contributed by atoms with E-state index in [1.807, 2.05) is 0 Å². The maximum Gasteiger partial charge on any atom is 0.307 e. The highest BCUT2D eigenvalue weighted by Crippen LogP contribution is 1.90. The van der Waals surface area contributed by atoms with Crippen molar-refractivity contribution in [2.75, 3.05) is 13.1 Å². The van der Waals surface area contributed by atoms with E-state index in [-0.39, 0.29) is 5.92 Å². The lowest BCUT2D eigenvalue weighted by molar-refractivity contribution is -0.140. The van der Waals surface area contributed by atoms with Crippen LogP contribution in [-0.2, 0) is 4.79 Å². The molecular formula is C7H13NO2. The molecule has 3 nitrogen and oxygen atoms in total. The first-order valence-corrected chi connectivity index (χ1v) is 3.23. The molecule has 0 aromatic carbocycles. The molecule has 0 spiro atoms. The molecule has 0 radical (unpaired) electrons. The molecule has 1 atom stereocenters. The lowest BCUT2D eigenvalue weighted by Crippen LogP contribution is -2.26. The summed E-state index contributed by atoms with van der Waals surface area (Å²) in [7, 11) is 0. The van der Waals surface area contributed by atoms with Crippen LogP contribution >= 0.6 is 0 Å². The van der Waals surface area contributed by atoms with Gasteiger partial charge in [0.2, 0.25) is 0 Å². The summed E-state index contributed by atoms with van der Waals surface area (Å²) in [6.07, 6.45) is 1.70. The van der Waals surface area contributed by atoms with Crippen molar-refractivity contribution in [3.63, 3.8) is 0 Å². The largest absolute Gasteiger partial charge is 0.481 e. The molecule has 0 saturated heterocycles. The molecule has 3 heteroatoms. The Balaban J connectivity index is 3.30. The second-order valence-electron chi connectivity index (χ2n) is 2.19. The highest BCUT2D eigenvalue weighted by Gasteiger charge is 2.08. The van der Waals surface area contributed by atoms with Crippen LogP contribution in [0.3, 0.4) is 0 Å². The number of hydrogen-bond acceptors (Lipinski definition) is 2. The van der Waals surface area contributed by atoms with Crippen molar-refractivity contribution in [1.82, 2.24) is 5.32 Å². The molecule has 0 aromatic heterocycles. The zero-order valence-corrected chi connectivity index (χ0v) is 6.13. The molecule has 0 aliphatic carbocycles. The second-order valence-corrected chi connectivity index (χ2v) is 2.19. The van der Waals surface area contributed by atoms with Crippen molar-refractivity contribution < 1.29 is 9.90 Å². The van der Waals surface area contributed by atoms with E-state index in [2.05, 4.69) is 11.9 Å². The molecule has 0 saturated carbocycles. The highest BCUT2D eigenvalue weighted by molar-refractivity contribution is 5.69. The molecule has 0 aromatic rings. The Morgan fingerprint density at radius 2 is 2.50 bits per heavy atom. The van der Waals surface area contributed by atoms with E-state index in [1.165, 1.54) is 0 Å². The molecule has 0 amide bonds. The molecule has 0 aliphatic rings. The molecule has 0 bridgehead atoms. The minimum atomic E-state index is -0.767. The van der Waals surface area contributed by atoms with E-state index in [0.717, 1.165) is 0 Å². The molecule has 0 fully saturated rings.